The smallest absolute Gasteiger partial charge is 0.254 e. The molecule has 7 heteroatoms. The number of likely N-dealkylation sites (tertiary alicyclic amines) is 1. The molecule has 0 radical (unpaired) electrons. The van der Waals surface area contributed by atoms with Gasteiger partial charge in [-0.2, -0.15) is 5.10 Å². The number of benzene rings is 2. The Labute approximate surface area is 162 Å². The molecule has 0 aliphatic carbocycles. The van der Waals surface area contributed by atoms with E-state index in [1.807, 2.05) is 30.0 Å². The van der Waals surface area contributed by atoms with Crippen LogP contribution >= 0.6 is 0 Å². The Balaban J connectivity index is 1.46. The Hall–Kier alpha value is -3.22. The molecule has 3 aromatic rings. The fourth-order valence-electron chi connectivity index (χ4n) is 3.53. The van der Waals surface area contributed by atoms with Gasteiger partial charge in [0.15, 0.2) is 0 Å². The number of hydrogen-bond donors (Lipinski definition) is 0. The van der Waals surface area contributed by atoms with E-state index in [4.69, 9.17) is 4.74 Å². The van der Waals surface area contributed by atoms with E-state index in [1.165, 1.54) is 18.5 Å². The van der Waals surface area contributed by atoms with E-state index in [2.05, 4.69) is 10.1 Å². The van der Waals surface area contributed by atoms with Gasteiger partial charge in [-0.25, -0.2) is 14.1 Å². The third-order valence-electron chi connectivity index (χ3n) is 5.02. The van der Waals surface area contributed by atoms with Gasteiger partial charge in [0.25, 0.3) is 5.91 Å². The number of aryl methyl sites for hydroxylation is 1. The molecule has 6 nitrogen and oxygen atoms in total. The van der Waals surface area contributed by atoms with Crippen LogP contribution in [0, 0.1) is 12.7 Å². The van der Waals surface area contributed by atoms with Crippen molar-refractivity contribution in [1.29, 1.82) is 0 Å². The summed E-state index contributed by atoms with van der Waals surface area (Å²) in [4.78, 5) is 18.9. The number of rotatable bonds is 5. The Morgan fingerprint density at radius 2 is 2.07 bits per heavy atom. The van der Waals surface area contributed by atoms with Crippen LogP contribution in [-0.4, -0.2) is 44.8 Å². The van der Waals surface area contributed by atoms with Gasteiger partial charge in [0, 0.05) is 12.1 Å². The first-order valence-electron chi connectivity index (χ1n) is 9.27. The predicted octanol–water partition coefficient (Wildman–Crippen LogP) is 3.40. The minimum atomic E-state index is -0.296. The number of halogens is 1. The molecule has 1 aliphatic heterocycles. The number of nitrogens with zero attached hydrogens (tertiary/aromatic N) is 4. The van der Waals surface area contributed by atoms with E-state index in [0.29, 0.717) is 24.5 Å². The zero-order chi connectivity index (χ0) is 19.5. The molecule has 28 heavy (non-hydrogen) atoms. The highest BCUT2D eigenvalue weighted by Crippen LogP contribution is 2.24. The lowest BCUT2D eigenvalue weighted by atomic mass is 10.1. The van der Waals surface area contributed by atoms with Crippen LogP contribution in [0.1, 0.15) is 28.8 Å². The minimum Gasteiger partial charge on any atom is -0.491 e. The first-order valence-corrected chi connectivity index (χ1v) is 9.27. The first kappa shape index (κ1) is 18.2. The maximum absolute atomic E-state index is 13.1. The number of carbonyl (C=O) groups excluding carboxylic acids is 1. The molecule has 4 rings (SSSR count). The van der Waals surface area contributed by atoms with Crippen LogP contribution in [0.5, 0.6) is 5.75 Å². The second-order valence-electron chi connectivity index (χ2n) is 6.90. The van der Waals surface area contributed by atoms with Gasteiger partial charge in [-0.05, 0) is 67.8 Å². The van der Waals surface area contributed by atoms with Crippen LogP contribution in [0.4, 0.5) is 4.39 Å². The normalized spacial score (nSPS) is 16.4. The summed E-state index contributed by atoms with van der Waals surface area (Å²) in [5, 5.41) is 4.12. The van der Waals surface area contributed by atoms with Crippen LogP contribution in [0.3, 0.4) is 0 Å². The number of carbonyl (C=O) groups is 1. The predicted molar refractivity (Wildman–Crippen MR) is 102 cm³/mol. The van der Waals surface area contributed by atoms with Gasteiger partial charge in [0.2, 0.25) is 0 Å². The van der Waals surface area contributed by atoms with Crippen molar-refractivity contribution in [2.24, 2.45) is 0 Å². The zero-order valence-electron chi connectivity index (χ0n) is 15.6. The lowest BCUT2D eigenvalue weighted by molar-refractivity contribution is 0.0691. The lowest BCUT2D eigenvalue weighted by Gasteiger charge is -2.25. The molecule has 144 valence electrons. The van der Waals surface area contributed by atoms with Crippen molar-refractivity contribution in [2.45, 2.75) is 25.8 Å². The molecule has 1 unspecified atom stereocenters. The molecule has 0 saturated carbocycles. The molecule has 1 saturated heterocycles. The van der Waals surface area contributed by atoms with Gasteiger partial charge in [-0.15, -0.1) is 0 Å². The third kappa shape index (κ3) is 3.74. The zero-order valence-corrected chi connectivity index (χ0v) is 15.6. The Bertz CT molecular complexity index is 957. The van der Waals surface area contributed by atoms with Crippen molar-refractivity contribution in [2.75, 3.05) is 13.2 Å². The maximum Gasteiger partial charge on any atom is 0.254 e. The topological polar surface area (TPSA) is 60.2 Å². The number of ether oxygens (including phenoxy) is 1. The summed E-state index contributed by atoms with van der Waals surface area (Å²) >= 11 is 0. The second-order valence-corrected chi connectivity index (χ2v) is 6.90. The van der Waals surface area contributed by atoms with E-state index >= 15 is 0 Å². The van der Waals surface area contributed by atoms with Gasteiger partial charge in [-0.3, -0.25) is 4.79 Å². The average Bonchev–Trinajstić information content (AvgIpc) is 3.39. The summed E-state index contributed by atoms with van der Waals surface area (Å²) in [6, 6.07) is 11.6. The Kier molecular flexibility index (Phi) is 5.06. The third-order valence-corrected chi connectivity index (χ3v) is 5.02. The highest BCUT2D eigenvalue weighted by molar-refractivity contribution is 5.96. The molecular weight excluding hydrogens is 359 g/mol. The molecule has 1 fully saturated rings. The lowest BCUT2D eigenvalue weighted by Crippen LogP contribution is -2.39. The summed E-state index contributed by atoms with van der Waals surface area (Å²) in [6.45, 7) is 3.03. The fourth-order valence-corrected chi connectivity index (χ4v) is 3.53. The standard InChI is InChI=1S/C21H21FN4O2/c1-15-11-17(26-14-23-13-24-26)6-9-20(15)21(27)25-10-2-3-18(25)12-28-19-7-4-16(22)5-8-19/h4-9,11,13-14,18H,2-3,10,12H2,1H3. The van der Waals surface area contributed by atoms with E-state index < -0.39 is 0 Å². The van der Waals surface area contributed by atoms with Crippen LogP contribution in [0.25, 0.3) is 5.69 Å². The van der Waals surface area contributed by atoms with Crippen LogP contribution in [0.15, 0.2) is 55.1 Å². The highest BCUT2D eigenvalue weighted by Gasteiger charge is 2.30. The van der Waals surface area contributed by atoms with E-state index in [1.54, 1.807) is 23.1 Å². The van der Waals surface area contributed by atoms with Crippen molar-refractivity contribution in [3.63, 3.8) is 0 Å². The summed E-state index contributed by atoms with van der Waals surface area (Å²) in [5.74, 6) is 0.316. The minimum absolute atomic E-state index is 0.00643. The van der Waals surface area contributed by atoms with Crippen LogP contribution < -0.4 is 4.74 Å². The molecule has 0 spiro atoms. The highest BCUT2D eigenvalue weighted by atomic mass is 19.1. The SMILES string of the molecule is Cc1cc(-n2cncn2)ccc1C(=O)N1CCCC1COc1ccc(F)cc1. The quantitative estimate of drug-likeness (QED) is 0.681. The van der Waals surface area contributed by atoms with Crippen LogP contribution in [0.2, 0.25) is 0 Å². The van der Waals surface area contributed by atoms with Gasteiger partial charge < -0.3 is 9.64 Å². The van der Waals surface area contributed by atoms with Crippen molar-refractivity contribution >= 4 is 5.91 Å². The molecule has 2 heterocycles. The Morgan fingerprint density at radius 3 is 2.79 bits per heavy atom. The van der Waals surface area contributed by atoms with Crippen molar-refractivity contribution in [3.05, 3.63) is 72.1 Å². The summed E-state index contributed by atoms with van der Waals surface area (Å²) in [5.41, 5.74) is 2.44. The number of amides is 1. The van der Waals surface area contributed by atoms with E-state index in [9.17, 15) is 9.18 Å². The van der Waals surface area contributed by atoms with Crippen molar-refractivity contribution in [3.8, 4) is 11.4 Å². The molecule has 1 atom stereocenters. The molecule has 2 aromatic carbocycles. The van der Waals surface area contributed by atoms with Gasteiger partial charge in [0.05, 0.1) is 11.7 Å². The summed E-state index contributed by atoms with van der Waals surface area (Å²) in [6.07, 6.45) is 4.94. The molecular formula is C21H21FN4O2. The van der Waals surface area contributed by atoms with Crippen LogP contribution in [-0.2, 0) is 0 Å². The maximum atomic E-state index is 13.1. The first-order chi connectivity index (χ1) is 13.6. The second kappa shape index (κ2) is 7.80. The molecule has 0 bridgehead atoms. The molecule has 1 amide bonds. The van der Waals surface area contributed by atoms with Gasteiger partial charge in [-0.1, -0.05) is 0 Å². The van der Waals surface area contributed by atoms with E-state index in [-0.39, 0.29) is 17.8 Å². The van der Waals surface area contributed by atoms with Crippen molar-refractivity contribution in [1.82, 2.24) is 19.7 Å². The van der Waals surface area contributed by atoms with Crippen molar-refractivity contribution < 1.29 is 13.9 Å². The largest absolute Gasteiger partial charge is 0.491 e. The fraction of sp³-hybridized carbons (Fsp3) is 0.286. The average molecular weight is 380 g/mol. The summed E-state index contributed by atoms with van der Waals surface area (Å²) < 4.78 is 20.5. The monoisotopic (exact) mass is 380 g/mol. The number of hydrogen-bond acceptors (Lipinski definition) is 4. The van der Waals surface area contributed by atoms with Gasteiger partial charge >= 0.3 is 0 Å². The van der Waals surface area contributed by atoms with E-state index in [0.717, 1.165) is 24.1 Å². The molecule has 1 aliphatic rings. The Morgan fingerprint density at radius 1 is 1.25 bits per heavy atom. The molecule has 0 N–H and O–H groups in total. The summed E-state index contributed by atoms with van der Waals surface area (Å²) in [7, 11) is 0. The number of aromatic nitrogens is 3. The van der Waals surface area contributed by atoms with Gasteiger partial charge in [0.1, 0.15) is 30.8 Å². The molecule has 1 aromatic heterocycles.